The SMILES string of the molecule is N#CCn1nnc(C=O)c1-c1ccco1. The Morgan fingerprint density at radius 3 is 3.13 bits per heavy atom. The van der Waals surface area contributed by atoms with Crippen molar-refractivity contribution < 1.29 is 9.21 Å². The molecular formula is C9H6N4O2. The van der Waals surface area contributed by atoms with Gasteiger partial charge in [-0.05, 0) is 12.1 Å². The number of carbonyl (C=O) groups excluding carboxylic acids is 1. The van der Waals surface area contributed by atoms with Gasteiger partial charge in [-0.15, -0.1) is 5.10 Å². The van der Waals surface area contributed by atoms with Crippen molar-refractivity contribution in [2.75, 3.05) is 0 Å². The van der Waals surface area contributed by atoms with Crippen molar-refractivity contribution in [1.29, 1.82) is 5.26 Å². The summed E-state index contributed by atoms with van der Waals surface area (Å²) >= 11 is 0. The average Bonchev–Trinajstić information content (AvgIpc) is 2.85. The molecule has 15 heavy (non-hydrogen) atoms. The van der Waals surface area contributed by atoms with Crippen LogP contribution < -0.4 is 0 Å². The Labute approximate surface area is 84.7 Å². The van der Waals surface area contributed by atoms with Gasteiger partial charge >= 0.3 is 0 Å². The number of carbonyl (C=O) groups is 1. The van der Waals surface area contributed by atoms with E-state index in [0.29, 0.717) is 17.7 Å². The third-order valence-electron chi connectivity index (χ3n) is 1.85. The number of aldehydes is 1. The Balaban J connectivity index is 2.56. The number of furan rings is 1. The largest absolute Gasteiger partial charge is 0.463 e. The molecule has 2 aromatic heterocycles. The monoisotopic (exact) mass is 202 g/mol. The number of nitriles is 1. The molecule has 0 aromatic carbocycles. The van der Waals surface area contributed by atoms with E-state index in [2.05, 4.69) is 10.3 Å². The molecule has 6 heteroatoms. The minimum Gasteiger partial charge on any atom is -0.463 e. The van der Waals surface area contributed by atoms with Gasteiger partial charge in [0.25, 0.3) is 0 Å². The van der Waals surface area contributed by atoms with E-state index in [1.165, 1.54) is 10.9 Å². The van der Waals surface area contributed by atoms with Crippen LogP contribution in [0.15, 0.2) is 22.8 Å². The van der Waals surface area contributed by atoms with Gasteiger partial charge in [-0.1, -0.05) is 5.21 Å². The fourth-order valence-electron chi connectivity index (χ4n) is 1.25. The second-order valence-corrected chi connectivity index (χ2v) is 2.73. The summed E-state index contributed by atoms with van der Waals surface area (Å²) in [4.78, 5) is 10.7. The molecule has 6 nitrogen and oxygen atoms in total. The van der Waals surface area contributed by atoms with Crippen LogP contribution in [0.25, 0.3) is 11.5 Å². The molecule has 0 aliphatic carbocycles. The van der Waals surface area contributed by atoms with Crippen molar-refractivity contribution in [3.63, 3.8) is 0 Å². The summed E-state index contributed by atoms with van der Waals surface area (Å²) in [5.74, 6) is 0.470. The molecule has 74 valence electrons. The summed E-state index contributed by atoms with van der Waals surface area (Å²) in [5, 5.41) is 15.9. The van der Waals surface area contributed by atoms with E-state index in [9.17, 15) is 4.79 Å². The standard InChI is InChI=1S/C9H6N4O2/c10-3-4-13-9(7(6-14)11-12-13)8-2-1-5-15-8/h1-2,5-6H,4H2. The van der Waals surface area contributed by atoms with Crippen molar-refractivity contribution in [1.82, 2.24) is 15.0 Å². The first kappa shape index (κ1) is 9.15. The summed E-state index contributed by atoms with van der Waals surface area (Å²) < 4.78 is 6.46. The van der Waals surface area contributed by atoms with Crippen molar-refractivity contribution in [3.8, 4) is 17.5 Å². The summed E-state index contributed by atoms with van der Waals surface area (Å²) in [6.07, 6.45) is 2.06. The maximum atomic E-state index is 10.7. The lowest BCUT2D eigenvalue weighted by atomic mass is 10.2. The predicted molar refractivity (Wildman–Crippen MR) is 48.7 cm³/mol. The van der Waals surface area contributed by atoms with Gasteiger partial charge < -0.3 is 4.42 Å². The van der Waals surface area contributed by atoms with Crippen LogP contribution in [0.5, 0.6) is 0 Å². The van der Waals surface area contributed by atoms with E-state index in [1.807, 2.05) is 6.07 Å². The number of rotatable bonds is 3. The first-order chi connectivity index (χ1) is 7.36. The Morgan fingerprint density at radius 2 is 2.53 bits per heavy atom. The highest BCUT2D eigenvalue weighted by Crippen LogP contribution is 2.21. The van der Waals surface area contributed by atoms with Gasteiger partial charge in [-0.25, -0.2) is 4.68 Å². The Kier molecular flexibility index (Phi) is 2.29. The van der Waals surface area contributed by atoms with Crippen LogP contribution >= 0.6 is 0 Å². The lowest BCUT2D eigenvalue weighted by Crippen LogP contribution is -2.00. The van der Waals surface area contributed by atoms with Crippen LogP contribution in [0.4, 0.5) is 0 Å². The topological polar surface area (TPSA) is 84.7 Å². The summed E-state index contributed by atoms with van der Waals surface area (Å²) in [5.41, 5.74) is 0.594. The first-order valence-corrected chi connectivity index (χ1v) is 4.16. The lowest BCUT2D eigenvalue weighted by molar-refractivity contribution is 0.111. The Hall–Kier alpha value is -2.42. The van der Waals surface area contributed by atoms with Crippen LogP contribution in [-0.2, 0) is 6.54 Å². The van der Waals surface area contributed by atoms with Crippen LogP contribution in [0.3, 0.4) is 0 Å². The zero-order valence-electron chi connectivity index (χ0n) is 7.62. The van der Waals surface area contributed by atoms with Crippen LogP contribution in [-0.4, -0.2) is 21.3 Å². The van der Waals surface area contributed by atoms with E-state index >= 15 is 0 Å². The minimum atomic E-state index is 0.0247. The predicted octanol–water partition coefficient (Wildman–Crippen LogP) is 0.874. The van der Waals surface area contributed by atoms with Gasteiger partial charge in [0, 0.05) is 0 Å². The first-order valence-electron chi connectivity index (χ1n) is 4.16. The maximum Gasteiger partial charge on any atom is 0.172 e. The number of aromatic nitrogens is 3. The molecule has 0 N–H and O–H groups in total. The molecule has 0 saturated heterocycles. The molecule has 0 saturated carbocycles. The molecule has 0 unspecified atom stereocenters. The second-order valence-electron chi connectivity index (χ2n) is 2.73. The molecule has 2 rings (SSSR count). The number of nitrogens with zero attached hydrogens (tertiary/aromatic N) is 4. The summed E-state index contributed by atoms with van der Waals surface area (Å²) in [6, 6.07) is 5.29. The molecular weight excluding hydrogens is 196 g/mol. The molecule has 0 atom stereocenters. The highest BCUT2D eigenvalue weighted by molar-refractivity contribution is 5.81. The van der Waals surface area contributed by atoms with E-state index in [1.54, 1.807) is 12.1 Å². The Bertz CT molecular complexity index is 507. The third-order valence-corrected chi connectivity index (χ3v) is 1.85. The molecule has 0 fully saturated rings. The van der Waals surface area contributed by atoms with Gasteiger partial charge in [-0.3, -0.25) is 4.79 Å². The lowest BCUT2D eigenvalue weighted by Gasteiger charge is -1.98. The number of hydrogen-bond donors (Lipinski definition) is 0. The Morgan fingerprint density at radius 1 is 1.67 bits per heavy atom. The maximum absolute atomic E-state index is 10.7. The molecule has 0 aliphatic heterocycles. The summed E-state index contributed by atoms with van der Waals surface area (Å²) in [6.45, 7) is 0.0247. The molecule has 0 amide bonds. The normalized spacial score (nSPS) is 9.80. The molecule has 2 aromatic rings. The van der Waals surface area contributed by atoms with Crippen molar-refractivity contribution in [3.05, 3.63) is 24.1 Å². The zero-order valence-corrected chi connectivity index (χ0v) is 7.62. The van der Waals surface area contributed by atoms with Gasteiger partial charge in [0.2, 0.25) is 0 Å². The smallest absolute Gasteiger partial charge is 0.172 e. The van der Waals surface area contributed by atoms with Gasteiger partial charge in [0.15, 0.2) is 17.7 Å². The fourth-order valence-corrected chi connectivity index (χ4v) is 1.25. The van der Waals surface area contributed by atoms with Crippen molar-refractivity contribution in [2.45, 2.75) is 6.54 Å². The van der Waals surface area contributed by atoms with Crippen molar-refractivity contribution in [2.24, 2.45) is 0 Å². The average molecular weight is 202 g/mol. The van der Waals surface area contributed by atoms with E-state index < -0.39 is 0 Å². The van der Waals surface area contributed by atoms with Crippen LogP contribution in [0, 0.1) is 11.3 Å². The molecule has 0 bridgehead atoms. The summed E-state index contributed by atoms with van der Waals surface area (Å²) in [7, 11) is 0. The fraction of sp³-hybridized carbons (Fsp3) is 0.111. The van der Waals surface area contributed by atoms with Crippen LogP contribution in [0.1, 0.15) is 10.5 Å². The second kappa shape index (κ2) is 3.75. The van der Waals surface area contributed by atoms with Gasteiger partial charge in [-0.2, -0.15) is 5.26 Å². The zero-order chi connectivity index (χ0) is 10.7. The molecule has 0 aliphatic rings. The van der Waals surface area contributed by atoms with Crippen LogP contribution in [0.2, 0.25) is 0 Å². The molecule has 0 radical (unpaired) electrons. The highest BCUT2D eigenvalue weighted by atomic mass is 16.3. The van der Waals surface area contributed by atoms with Gasteiger partial charge in [0.1, 0.15) is 12.2 Å². The molecule has 2 heterocycles. The van der Waals surface area contributed by atoms with E-state index in [0.717, 1.165) is 0 Å². The third kappa shape index (κ3) is 1.50. The van der Waals surface area contributed by atoms with Crippen molar-refractivity contribution >= 4 is 6.29 Å². The van der Waals surface area contributed by atoms with Gasteiger partial charge in [0.05, 0.1) is 12.3 Å². The van der Waals surface area contributed by atoms with E-state index in [4.69, 9.17) is 9.68 Å². The van der Waals surface area contributed by atoms with E-state index in [-0.39, 0.29) is 12.2 Å². The minimum absolute atomic E-state index is 0.0247. The quantitative estimate of drug-likeness (QED) is 0.689. The number of hydrogen-bond acceptors (Lipinski definition) is 5. The molecule has 0 spiro atoms. The highest BCUT2D eigenvalue weighted by Gasteiger charge is 2.16.